The Morgan fingerprint density at radius 2 is 2.24 bits per heavy atom. The average Bonchev–Trinajstić information content (AvgIpc) is 2.28. The first kappa shape index (κ1) is 13.3. The third-order valence-corrected chi connectivity index (χ3v) is 2.51. The van der Waals surface area contributed by atoms with Crippen LogP contribution in [0, 0.1) is 0 Å². The number of carbonyl (C=O) groups is 1. The Kier molecular flexibility index (Phi) is 4.78. The number of methoxy groups -OCH3 is 1. The van der Waals surface area contributed by atoms with Crippen molar-refractivity contribution >= 4 is 17.3 Å². The zero-order chi connectivity index (χ0) is 12.8. The monoisotopic (exact) mass is 237 g/mol. The van der Waals surface area contributed by atoms with Gasteiger partial charge < -0.3 is 21.5 Å². The molecule has 0 aliphatic rings. The summed E-state index contributed by atoms with van der Waals surface area (Å²) in [6.45, 7) is 2.64. The molecular formula is C12H19N3O2. The summed E-state index contributed by atoms with van der Waals surface area (Å²) in [4.78, 5) is 11.3. The first-order valence-electron chi connectivity index (χ1n) is 5.50. The van der Waals surface area contributed by atoms with E-state index in [0.29, 0.717) is 23.5 Å². The van der Waals surface area contributed by atoms with Gasteiger partial charge in [-0.1, -0.05) is 6.07 Å². The Balaban J connectivity index is 2.85. The minimum Gasteiger partial charge on any atom is -0.397 e. The Morgan fingerprint density at radius 3 is 2.82 bits per heavy atom. The highest BCUT2D eigenvalue weighted by molar-refractivity contribution is 6.01. The Morgan fingerprint density at radius 1 is 1.53 bits per heavy atom. The molecule has 0 spiro atoms. The van der Waals surface area contributed by atoms with Crippen LogP contribution in [0.1, 0.15) is 23.7 Å². The van der Waals surface area contributed by atoms with Crippen LogP contribution in [-0.4, -0.2) is 25.7 Å². The molecule has 0 fully saturated rings. The van der Waals surface area contributed by atoms with Crippen LogP contribution in [0.15, 0.2) is 18.2 Å². The van der Waals surface area contributed by atoms with Crippen molar-refractivity contribution in [1.29, 1.82) is 0 Å². The Labute approximate surface area is 101 Å². The van der Waals surface area contributed by atoms with Gasteiger partial charge in [0.25, 0.3) is 5.91 Å². The number of ether oxygens (including phenoxy) is 1. The fourth-order valence-electron chi connectivity index (χ4n) is 1.55. The number of benzene rings is 1. The van der Waals surface area contributed by atoms with Crippen molar-refractivity contribution in [2.45, 2.75) is 19.4 Å². The summed E-state index contributed by atoms with van der Waals surface area (Å²) in [5.41, 5.74) is 12.7. The highest BCUT2D eigenvalue weighted by Crippen LogP contribution is 2.24. The van der Waals surface area contributed by atoms with Gasteiger partial charge in [-0.15, -0.1) is 0 Å². The molecule has 0 saturated heterocycles. The molecule has 0 aliphatic heterocycles. The number of para-hydroxylation sites is 1. The third kappa shape index (κ3) is 3.64. The molecule has 1 rings (SSSR count). The van der Waals surface area contributed by atoms with Gasteiger partial charge in [0.05, 0.1) is 16.9 Å². The van der Waals surface area contributed by atoms with Gasteiger partial charge in [-0.3, -0.25) is 4.79 Å². The van der Waals surface area contributed by atoms with Crippen LogP contribution in [0.25, 0.3) is 0 Å². The summed E-state index contributed by atoms with van der Waals surface area (Å²) in [6.07, 6.45) is 0.822. The van der Waals surface area contributed by atoms with Crippen LogP contribution >= 0.6 is 0 Å². The number of carbonyl (C=O) groups excluding carboxylic acids is 1. The number of primary amides is 1. The number of hydrogen-bond acceptors (Lipinski definition) is 4. The predicted octanol–water partition coefficient (Wildman–Crippen LogP) is 1.20. The van der Waals surface area contributed by atoms with Gasteiger partial charge in [0.1, 0.15) is 0 Å². The number of amides is 1. The molecule has 0 aliphatic carbocycles. The van der Waals surface area contributed by atoms with Crippen LogP contribution in [0.5, 0.6) is 0 Å². The lowest BCUT2D eigenvalue weighted by atomic mass is 10.1. The standard InChI is InChI=1S/C12H19N3O2/c1-8(6-7-17-2)15-11-9(12(14)16)4-3-5-10(11)13/h3-5,8,15H,6-7,13H2,1-2H3,(H2,14,16). The number of hydrogen-bond donors (Lipinski definition) is 3. The second-order valence-corrected chi connectivity index (χ2v) is 3.96. The van der Waals surface area contributed by atoms with Crippen molar-refractivity contribution < 1.29 is 9.53 Å². The van der Waals surface area contributed by atoms with Crippen molar-refractivity contribution in [1.82, 2.24) is 0 Å². The summed E-state index contributed by atoms with van der Waals surface area (Å²) >= 11 is 0. The number of anilines is 2. The molecule has 1 aromatic carbocycles. The highest BCUT2D eigenvalue weighted by Gasteiger charge is 2.12. The van der Waals surface area contributed by atoms with E-state index < -0.39 is 5.91 Å². The SMILES string of the molecule is COCCC(C)Nc1c(N)cccc1C(N)=O. The molecule has 17 heavy (non-hydrogen) atoms. The minimum absolute atomic E-state index is 0.151. The van der Waals surface area contributed by atoms with E-state index in [9.17, 15) is 4.79 Å². The maximum absolute atomic E-state index is 11.3. The maximum Gasteiger partial charge on any atom is 0.250 e. The molecule has 0 saturated carbocycles. The van der Waals surface area contributed by atoms with Gasteiger partial charge in [-0.2, -0.15) is 0 Å². The van der Waals surface area contributed by atoms with Gasteiger partial charge >= 0.3 is 0 Å². The Bertz CT molecular complexity index is 393. The van der Waals surface area contributed by atoms with E-state index in [1.54, 1.807) is 25.3 Å². The van der Waals surface area contributed by atoms with Gasteiger partial charge in [0.2, 0.25) is 0 Å². The minimum atomic E-state index is -0.487. The largest absolute Gasteiger partial charge is 0.397 e. The molecule has 5 heteroatoms. The predicted molar refractivity (Wildman–Crippen MR) is 69.0 cm³/mol. The lowest BCUT2D eigenvalue weighted by Gasteiger charge is -2.18. The smallest absolute Gasteiger partial charge is 0.250 e. The number of nitrogens with two attached hydrogens (primary N) is 2. The van der Waals surface area contributed by atoms with E-state index in [2.05, 4.69) is 5.32 Å². The maximum atomic E-state index is 11.3. The molecular weight excluding hydrogens is 218 g/mol. The lowest BCUT2D eigenvalue weighted by molar-refractivity contribution is 0.100. The second kappa shape index (κ2) is 6.10. The van der Waals surface area contributed by atoms with Crippen molar-refractivity contribution in [3.05, 3.63) is 23.8 Å². The van der Waals surface area contributed by atoms with Crippen molar-refractivity contribution in [2.24, 2.45) is 5.73 Å². The summed E-state index contributed by atoms with van der Waals surface area (Å²) in [6, 6.07) is 5.25. The molecule has 5 nitrogen and oxygen atoms in total. The lowest BCUT2D eigenvalue weighted by Crippen LogP contribution is -2.22. The molecule has 1 amide bonds. The molecule has 0 bridgehead atoms. The first-order valence-corrected chi connectivity index (χ1v) is 5.50. The normalized spacial score (nSPS) is 12.1. The summed E-state index contributed by atoms with van der Waals surface area (Å²) in [7, 11) is 1.65. The zero-order valence-corrected chi connectivity index (χ0v) is 10.2. The van der Waals surface area contributed by atoms with Crippen LogP contribution in [0.3, 0.4) is 0 Å². The van der Waals surface area contributed by atoms with E-state index in [4.69, 9.17) is 16.2 Å². The van der Waals surface area contributed by atoms with Gasteiger partial charge in [-0.05, 0) is 25.5 Å². The summed E-state index contributed by atoms with van der Waals surface area (Å²) in [5, 5.41) is 3.19. The highest BCUT2D eigenvalue weighted by atomic mass is 16.5. The van der Waals surface area contributed by atoms with Crippen molar-refractivity contribution in [2.75, 3.05) is 24.8 Å². The third-order valence-electron chi connectivity index (χ3n) is 2.51. The molecule has 1 aromatic rings. The average molecular weight is 237 g/mol. The van der Waals surface area contributed by atoms with E-state index >= 15 is 0 Å². The van der Waals surface area contributed by atoms with Crippen LogP contribution in [0.4, 0.5) is 11.4 Å². The van der Waals surface area contributed by atoms with E-state index in [1.165, 1.54) is 0 Å². The van der Waals surface area contributed by atoms with Crippen LogP contribution in [-0.2, 0) is 4.74 Å². The van der Waals surface area contributed by atoms with E-state index in [1.807, 2.05) is 6.92 Å². The molecule has 0 radical (unpaired) electrons. The van der Waals surface area contributed by atoms with Crippen LogP contribution < -0.4 is 16.8 Å². The quantitative estimate of drug-likeness (QED) is 0.648. The number of rotatable bonds is 6. The number of nitrogens with one attached hydrogen (secondary N) is 1. The summed E-state index contributed by atoms with van der Waals surface area (Å²) < 4.78 is 5.00. The van der Waals surface area contributed by atoms with E-state index in [0.717, 1.165) is 6.42 Å². The fraction of sp³-hybridized carbons (Fsp3) is 0.417. The fourth-order valence-corrected chi connectivity index (χ4v) is 1.55. The first-order chi connectivity index (χ1) is 8.06. The van der Waals surface area contributed by atoms with Crippen molar-refractivity contribution in [3.63, 3.8) is 0 Å². The topological polar surface area (TPSA) is 90.4 Å². The molecule has 94 valence electrons. The van der Waals surface area contributed by atoms with Gasteiger partial charge in [0.15, 0.2) is 0 Å². The Hall–Kier alpha value is -1.75. The summed E-state index contributed by atoms with van der Waals surface area (Å²) in [5.74, 6) is -0.487. The second-order valence-electron chi connectivity index (χ2n) is 3.96. The van der Waals surface area contributed by atoms with Crippen molar-refractivity contribution in [3.8, 4) is 0 Å². The molecule has 0 heterocycles. The molecule has 0 aromatic heterocycles. The van der Waals surface area contributed by atoms with Gasteiger partial charge in [-0.25, -0.2) is 0 Å². The van der Waals surface area contributed by atoms with Crippen LogP contribution in [0.2, 0.25) is 0 Å². The number of nitrogen functional groups attached to an aromatic ring is 1. The van der Waals surface area contributed by atoms with Gasteiger partial charge in [0, 0.05) is 19.8 Å². The van der Waals surface area contributed by atoms with E-state index in [-0.39, 0.29) is 6.04 Å². The zero-order valence-electron chi connectivity index (χ0n) is 10.2. The molecule has 5 N–H and O–H groups in total. The molecule has 1 unspecified atom stereocenters. The molecule has 1 atom stereocenters.